The second kappa shape index (κ2) is 12.0. The predicted octanol–water partition coefficient (Wildman–Crippen LogP) is 7.64. The van der Waals surface area contributed by atoms with Crippen molar-refractivity contribution < 1.29 is 9.59 Å². The van der Waals surface area contributed by atoms with E-state index in [9.17, 15) is 9.59 Å². The van der Waals surface area contributed by atoms with Gasteiger partial charge < -0.3 is 10.6 Å². The number of rotatable bonds is 8. The number of nitrogens with zero attached hydrogens (tertiary/aromatic N) is 2. The van der Waals surface area contributed by atoms with Crippen molar-refractivity contribution in [3.63, 3.8) is 0 Å². The van der Waals surface area contributed by atoms with E-state index in [0.717, 1.165) is 43.4 Å². The first-order valence-electron chi connectivity index (χ1n) is 15.4. The zero-order valence-electron chi connectivity index (χ0n) is 25.2. The molecule has 2 aromatic carbocycles. The number of hydrogen-bond acceptors (Lipinski definition) is 5. The highest BCUT2D eigenvalue weighted by Crippen LogP contribution is 2.46. The summed E-state index contributed by atoms with van der Waals surface area (Å²) >= 11 is 1.44. The minimum Gasteiger partial charge on any atom is -0.345 e. The van der Waals surface area contributed by atoms with Crippen molar-refractivity contribution in [1.29, 1.82) is 0 Å². The van der Waals surface area contributed by atoms with Gasteiger partial charge in [0.1, 0.15) is 0 Å². The third-order valence-corrected chi connectivity index (χ3v) is 10.0. The van der Waals surface area contributed by atoms with Crippen LogP contribution in [0.5, 0.6) is 0 Å². The third kappa shape index (κ3) is 6.00. The molecule has 3 aromatic rings. The predicted molar refractivity (Wildman–Crippen MR) is 176 cm³/mol. The average molecular weight is 593 g/mol. The number of amides is 2. The van der Waals surface area contributed by atoms with Crippen LogP contribution in [0.3, 0.4) is 0 Å². The van der Waals surface area contributed by atoms with Gasteiger partial charge in [-0.1, -0.05) is 67.6 Å². The van der Waals surface area contributed by atoms with Gasteiger partial charge in [-0.15, -0.1) is 11.3 Å². The number of hydrogen-bond donors (Lipinski definition) is 2. The number of carbonyl (C=O) groups is 2. The molecule has 2 heterocycles. The molecular formula is C36H40N4O2S. The number of thiazole rings is 1. The summed E-state index contributed by atoms with van der Waals surface area (Å²) in [5.41, 5.74) is 6.26. The first-order chi connectivity index (χ1) is 20.8. The smallest absolute Gasteiger partial charge is 0.230 e. The van der Waals surface area contributed by atoms with Crippen molar-refractivity contribution in [3.05, 3.63) is 100 Å². The molecule has 3 aliphatic rings. The van der Waals surface area contributed by atoms with Crippen LogP contribution in [0.15, 0.2) is 77.1 Å². The number of allylic oxidation sites excluding steroid dienone is 2. The number of aliphatic imine (C=N–C) groups is 1. The van der Waals surface area contributed by atoms with E-state index in [-0.39, 0.29) is 17.7 Å². The van der Waals surface area contributed by atoms with Crippen molar-refractivity contribution in [1.82, 2.24) is 10.3 Å². The Bertz CT molecular complexity index is 1570. The van der Waals surface area contributed by atoms with Crippen LogP contribution >= 0.6 is 11.3 Å². The summed E-state index contributed by atoms with van der Waals surface area (Å²) in [4.78, 5) is 35.7. The first kappa shape index (κ1) is 29.2. The molecule has 0 radical (unpaired) electrons. The maximum atomic E-state index is 13.4. The summed E-state index contributed by atoms with van der Waals surface area (Å²) in [6.07, 6.45) is 12.5. The zero-order chi connectivity index (χ0) is 30.0. The molecule has 1 aliphatic heterocycles. The molecule has 0 saturated heterocycles. The number of fused-ring (bicyclic) bond motifs is 2. The minimum atomic E-state index is -0.623. The number of anilines is 1. The standard InChI is InChI=1S/C36H40N4O2S/c1-4-25-26-12-5-7-14-28(26)30(29-15-8-6-13-27(25)29)16-17-32(41)39-34-38-31(22-43-34)24-11-9-18-35(2,21-24)33(42)40-36(3)19-10-20-37-23-36/h5-8,10,12-15,19-22,25,30H,4,9,11,16-18,23H2,1-3H3,(H,40,42)(H,38,39,41). The van der Waals surface area contributed by atoms with Crippen LogP contribution in [-0.4, -0.2) is 35.1 Å². The largest absolute Gasteiger partial charge is 0.345 e. The Balaban J connectivity index is 1.12. The second-order valence-electron chi connectivity index (χ2n) is 12.6. The Hall–Kier alpha value is -3.84. The Morgan fingerprint density at radius 3 is 2.30 bits per heavy atom. The van der Waals surface area contributed by atoms with E-state index in [2.05, 4.69) is 77.2 Å². The van der Waals surface area contributed by atoms with Crippen molar-refractivity contribution >= 4 is 40.1 Å². The van der Waals surface area contributed by atoms with Crippen LogP contribution in [-0.2, 0) is 9.59 Å². The first-order valence-corrected chi connectivity index (χ1v) is 16.3. The molecule has 2 N–H and O–H groups in total. The molecule has 6 nitrogen and oxygen atoms in total. The number of benzene rings is 2. The van der Waals surface area contributed by atoms with Crippen LogP contribution in [0, 0.1) is 5.41 Å². The zero-order valence-corrected chi connectivity index (χ0v) is 26.0. The molecule has 0 bridgehead atoms. The van der Waals surface area contributed by atoms with Gasteiger partial charge in [0, 0.05) is 29.9 Å². The molecule has 2 atom stereocenters. The molecule has 1 aromatic heterocycles. The van der Waals surface area contributed by atoms with Crippen LogP contribution in [0.1, 0.15) is 99.1 Å². The van der Waals surface area contributed by atoms with Gasteiger partial charge in [-0.25, -0.2) is 4.98 Å². The van der Waals surface area contributed by atoms with Crippen molar-refractivity contribution in [3.8, 4) is 0 Å². The molecule has 2 aliphatic carbocycles. The fourth-order valence-electron chi connectivity index (χ4n) is 6.96. The molecular weight excluding hydrogens is 552 g/mol. The van der Waals surface area contributed by atoms with E-state index >= 15 is 0 Å². The van der Waals surface area contributed by atoms with Crippen molar-refractivity contribution in [2.24, 2.45) is 10.4 Å². The Morgan fingerprint density at radius 1 is 1.00 bits per heavy atom. The van der Waals surface area contributed by atoms with Gasteiger partial charge in [0.25, 0.3) is 0 Å². The highest BCUT2D eigenvalue weighted by molar-refractivity contribution is 7.14. The van der Waals surface area contributed by atoms with E-state index in [1.54, 1.807) is 6.21 Å². The Kier molecular flexibility index (Phi) is 8.19. The lowest BCUT2D eigenvalue weighted by molar-refractivity contribution is -0.129. The number of aromatic nitrogens is 1. The van der Waals surface area contributed by atoms with Gasteiger partial charge >= 0.3 is 0 Å². The number of nitrogens with one attached hydrogen (secondary N) is 2. The molecule has 0 spiro atoms. The van der Waals surface area contributed by atoms with E-state index in [4.69, 9.17) is 4.98 Å². The summed E-state index contributed by atoms with van der Waals surface area (Å²) in [7, 11) is 0. The molecule has 2 amide bonds. The quantitative estimate of drug-likeness (QED) is 0.282. The topological polar surface area (TPSA) is 83.5 Å². The molecule has 6 rings (SSSR count). The fraction of sp³-hybridized carbons (Fsp3) is 0.389. The fourth-order valence-corrected chi connectivity index (χ4v) is 7.71. The highest BCUT2D eigenvalue weighted by atomic mass is 32.1. The van der Waals surface area contributed by atoms with Crippen LogP contribution in [0.25, 0.3) is 5.57 Å². The third-order valence-electron chi connectivity index (χ3n) is 9.27. The second-order valence-corrected chi connectivity index (χ2v) is 13.4. The van der Waals surface area contributed by atoms with E-state index in [0.29, 0.717) is 24.0 Å². The van der Waals surface area contributed by atoms with Crippen LogP contribution in [0.4, 0.5) is 5.13 Å². The van der Waals surface area contributed by atoms with Crippen molar-refractivity contribution in [2.45, 2.75) is 76.7 Å². The maximum Gasteiger partial charge on any atom is 0.230 e. The summed E-state index contributed by atoms with van der Waals surface area (Å²) in [6.45, 7) is 6.78. The summed E-state index contributed by atoms with van der Waals surface area (Å²) in [5.74, 6) is 0.581. The molecule has 43 heavy (non-hydrogen) atoms. The van der Waals surface area contributed by atoms with Crippen molar-refractivity contribution in [2.75, 3.05) is 11.9 Å². The molecule has 0 fully saturated rings. The molecule has 2 unspecified atom stereocenters. The normalized spacial score (nSPS) is 25.8. The number of dihydropyridines is 1. The van der Waals surface area contributed by atoms with Crippen LogP contribution in [0.2, 0.25) is 0 Å². The summed E-state index contributed by atoms with van der Waals surface area (Å²) in [5, 5.41) is 8.85. The van der Waals surface area contributed by atoms with Gasteiger partial charge in [-0.2, -0.15) is 0 Å². The van der Waals surface area contributed by atoms with E-state index in [1.807, 2.05) is 31.4 Å². The van der Waals surface area contributed by atoms with Gasteiger partial charge in [0.15, 0.2) is 5.13 Å². The van der Waals surface area contributed by atoms with Gasteiger partial charge in [-0.05, 0) is 79.9 Å². The summed E-state index contributed by atoms with van der Waals surface area (Å²) in [6, 6.07) is 17.4. The lowest BCUT2D eigenvalue weighted by Gasteiger charge is -2.35. The molecule has 7 heteroatoms. The summed E-state index contributed by atoms with van der Waals surface area (Å²) < 4.78 is 0. The molecule has 0 saturated carbocycles. The lowest BCUT2D eigenvalue weighted by Crippen LogP contribution is -2.52. The van der Waals surface area contributed by atoms with Crippen LogP contribution < -0.4 is 10.6 Å². The Morgan fingerprint density at radius 2 is 1.67 bits per heavy atom. The monoisotopic (exact) mass is 592 g/mol. The molecule has 222 valence electrons. The number of carbonyl (C=O) groups excluding carboxylic acids is 2. The van der Waals surface area contributed by atoms with Gasteiger partial charge in [-0.3, -0.25) is 14.6 Å². The SMILES string of the molecule is CCC1c2ccccc2C(CCC(=O)Nc2nc(C3=CC(C)(C(=O)NC4(C)C=CC=NC4)CCC3)cs2)c2ccccc21. The highest BCUT2D eigenvalue weighted by Gasteiger charge is 2.38. The average Bonchev–Trinajstić information content (AvgIpc) is 3.48. The lowest BCUT2D eigenvalue weighted by atomic mass is 9.70. The van der Waals surface area contributed by atoms with E-state index < -0.39 is 11.0 Å². The van der Waals surface area contributed by atoms with Gasteiger partial charge in [0.2, 0.25) is 11.8 Å². The maximum absolute atomic E-state index is 13.4. The van der Waals surface area contributed by atoms with E-state index in [1.165, 1.54) is 33.6 Å². The van der Waals surface area contributed by atoms with Gasteiger partial charge in [0.05, 0.1) is 23.2 Å². The Labute approximate surface area is 258 Å². The minimum absolute atomic E-state index is 0.00817.